The van der Waals surface area contributed by atoms with Gasteiger partial charge in [0, 0.05) is 31.8 Å². The molecule has 1 aliphatic rings. The number of anilines is 1. The van der Waals surface area contributed by atoms with Crippen LogP contribution in [-0.4, -0.2) is 23.6 Å². The van der Waals surface area contributed by atoms with E-state index in [4.69, 9.17) is 0 Å². The van der Waals surface area contributed by atoms with Gasteiger partial charge in [-0.15, -0.1) is 0 Å². The van der Waals surface area contributed by atoms with E-state index in [1.807, 2.05) is 12.1 Å². The molecule has 4 heteroatoms. The molecular weight excluding hydrogens is 298 g/mol. The molecule has 1 aliphatic heterocycles. The topological polar surface area (TPSA) is 38.5 Å². The van der Waals surface area contributed by atoms with E-state index in [0.29, 0.717) is 18.5 Å². The summed E-state index contributed by atoms with van der Waals surface area (Å²) in [6.45, 7) is 5.94. The van der Waals surface area contributed by atoms with Crippen molar-refractivity contribution in [2.45, 2.75) is 38.6 Å². The molecule has 2 N–H and O–H groups in total. The van der Waals surface area contributed by atoms with E-state index in [2.05, 4.69) is 61.2 Å². The van der Waals surface area contributed by atoms with Crippen LogP contribution in [0.3, 0.4) is 0 Å². The smallest absolute Gasteiger partial charge is 0.279 e. The van der Waals surface area contributed by atoms with Gasteiger partial charge in [0.15, 0.2) is 6.54 Å². The lowest BCUT2D eigenvalue weighted by molar-refractivity contribution is -0.910. The number of carbonyl (C=O) groups excluding carboxylic acids is 1. The number of nitrogens with one attached hydrogen (secondary N) is 2. The molecule has 0 radical (unpaired) electrons. The molecule has 128 valence electrons. The summed E-state index contributed by atoms with van der Waals surface area (Å²) in [5.41, 5.74) is 3.51. The molecule has 2 aromatic rings. The van der Waals surface area contributed by atoms with Crippen molar-refractivity contribution >= 4 is 11.6 Å². The van der Waals surface area contributed by atoms with Gasteiger partial charge in [-0.25, -0.2) is 0 Å². The second-order valence-corrected chi connectivity index (χ2v) is 7.15. The second kappa shape index (κ2) is 7.22. The fraction of sp³-hybridized carbons (Fsp3) is 0.450. The third-order valence-electron chi connectivity index (χ3n) is 5.07. The first-order valence-corrected chi connectivity index (χ1v) is 8.90. The highest BCUT2D eigenvalue weighted by Crippen LogP contribution is 2.19. The molecule has 0 spiro atoms. The van der Waals surface area contributed by atoms with Gasteiger partial charge in [0.05, 0.1) is 12.2 Å². The van der Waals surface area contributed by atoms with Gasteiger partial charge in [0.2, 0.25) is 0 Å². The lowest BCUT2D eigenvalue weighted by Crippen LogP contribution is -3.11. The van der Waals surface area contributed by atoms with E-state index in [9.17, 15) is 4.79 Å². The average Bonchev–Trinajstić information content (AvgIpc) is 3.16. The SMILES string of the molecule is CC(C)c1ccc(NC(=O)C[NH+]2CCC[C@H]2c2cccn2C)cc1. The lowest BCUT2D eigenvalue weighted by Gasteiger charge is -2.21. The first-order valence-electron chi connectivity index (χ1n) is 8.90. The standard InChI is InChI=1S/C20H27N3O/c1-15(2)16-8-10-17(11-9-16)21-20(24)14-23-13-5-7-19(23)18-6-4-12-22(18)3/h4,6,8-12,15,19H,5,7,13-14H2,1-3H3,(H,21,24)/p+1/t19-/m0/s1. The predicted molar refractivity (Wildman–Crippen MR) is 97.2 cm³/mol. The fourth-order valence-corrected chi connectivity index (χ4v) is 3.68. The Balaban J connectivity index is 1.61. The number of aromatic nitrogens is 1. The number of aryl methyl sites for hydroxylation is 1. The van der Waals surface area contributed by atoms with Gasteiger partial charge in [-0.1, -0.05) is 26.0 Å². The maximum atomic E-state index is 12.4. The largest absolute Gasteiger partial charge is 0.350 e. The molecule has 4 nitrogen and oxygen atoms in total. The van der Waals surface area contributed by atoms with Crippen LogP contribution in [0.2, 0.25) is 0 Å². The quantitative estimate of drug-likeness (QED) is 0.870. The van der Waals surface area contributed by atoms with E-state index >= 15 is 0 Å². The van der Waals surface area contributed by atoms with Crippen LogP contribution >= 0.6 is 0 Å². The van der Waals surface area contributed by atoms with Crippen molar-refractivity contribution in [3.8, 4) is 0 Å². The maximum absolute atomic E-state index is 12.4. The Hall–Kier alpha value is -2.07. The first-order chi connectivity index (χ1) is 11.5. The third-order valence-corrected chi connectivity index (χ3v) is 5.07. The minimum Gasteiger partial charge on any atom is -0.350 e. The predicted octanol–water partition coefficient (Wildman–Crippen LogP) is 2.51. The summed E-state index contributed by atoms with van der Waals surface area (Å²) in [4.78, 5) is 13.8. The summed E-state index contributed by atoms with van der Waals surface area (Å²) >= 11 is 0. The van der Waals surface area contributed by atoms with Gasteiger partial charge in [-0.3, -0.25) is 4.79 Å². The second-order valence-electron chi connectivity index (χ2n) is 7.15. The van der Waals surface area contributed by atoms with Gasteiger partial charge in [0.1, 0.15) is 6.04 Å². The van der Waals surface area contributed by atoms with Crippen molar-refractivity contribution in [2.24, 2.45) is 7.05 Å². The van der Waals surface area contributed by atoms with Crippen molar-refractivity contribution in [2.75, 3.05) is 18.4 Å². The van der Waals surface area contributed by atoms with Crippen LogP contribution in [0.4, 0.5) is 5.69 Å². The minimum absolute atomic E-state index is 0.100. The van der Waals surface area contributed by atoms with Crippen LogP contribution in [-0.2, 0) is 11.8 Å². The minimum atomic E-state index is 0.100. The summed E-state index contributed by atoms with van der Waals surface area (Å²) in [5, 5.41) is 3.05. The number of quaternary nitrogens is 1. The number of carbonyl (C=O) groups is 1. The molecule has 1 saturated heterocycles. The zero-order chi connectivity index (χ0) is 17.1. The summed E-state index contributed by atoms with van der Waals surface area (Å²) in [7, 11) is 2.08. The highest BCUT2D eigenvalue weighted by molar-refractivity contribution is 5.91. The molecular formula is C20H28N3O+. The highest BCUT2D eigenvalue weighted by Gasteiger charge is 2.32. The molecule has 1 aromatic heterocycles. The number of benzene rings is 1. The van der Waals surface area contributed by atoms with Crippen molar-refractivity contribution < 1.29 is 9.69 Å². The first kappa shape index (κ1) is 16.8. The summed E-state index contributed by atoms with van der Waals surface area (Å²) in [6, 6.07) is 12.9. The number of nitrogens with zero attached hydrogens (tertiary/aromatic N) is 1. The van der Waals surface area contributed by atoms with Gasteiger partial charge < -0.3 is 14.8 Å². The number of amides is 1. The number of likely N-dealkylation sites (tertiary alicyclic amines) is 1. The van der Waals surface area contributed by atoms with Gasteiger partial charge >= 0.3 is 0 Å². The number of hydrogen-bond acceptors (Lipinski definition) is 1. The van der Waals surface area contributed by atoms with Crippen LogP contribution in [0, 0.1) is 0 Å². The molecule has 1 aromatic carbocycles. The molecule has 0 aliphatic carbocycles. The van der Waals surface area contributed by atoms with Crippen LogP contribution in [0.1, 0.15) is 49.9 Å². The van der Waals surface area contributed by atoms with Crippen LogP contribution in [0.25, 0.3) is 0 Å². The number of rotatable bonds is 5. The Morgan fingerprint density at radius 3 is 2.67 bits per heavy atom. The normalized spacial score (nSPS) is 20.5. The maximum Gasteiger partial charge on any atom is 0.279 e. The van der Waals surface area contributed by atoms with Crippen molar-refractivity contribution in [3.63, 3.8) is 0 Å². The molecule has 24 heavy (non-hydrogen) atoms. The van der Waals surface area contributed by atoms with E-state index < -0.39 is 0 Å². The van der Waals surface area contributed by atoms with Crippen molar-refractivity contribution in [1.29, 1.82) is 0 Å². The summed E-state index contributed by atoms with van der Waals surface area (Å²) < 4.78 is 2.18. The van der Waals surface area contributed by atoms with Gasteiger partial charge in [-0.05, 0) is 35.7 Å². The van der Waals surface area contributed by atoms with Crippen molar-refractivity contribution in [3.05, 3.63) is 53.9 Å². The van der Waals surface area contributed by atoms with E-state index in [-0.39, 0.29) is 5.91 Å². The molecule has 0 saturated carbocycles. The van der Waals surface area contributed by atoms with E-state index in [0.717, 1.165) is 18.7 Å². The Morgan fingerprint density at radius 1 is 1.29 bits per heavy atom. The Morgan fingerprint density at radius 2 is 2.04 bits per heavy atom. The molecule has 1 fully saturated rings. The Labute approximate surface area is 144 Å². The van der Waals surface area contributed by atoms with Crippen LogP contribution < -0.4 is 10.2 Å². The summed E-state index contributed by atoms with van der Waals surface area (Å²) in [5.74, 6) is 0.609. The Kier molecular flexibility index (Phi) is 5.05. The average molecular weight is 326 g/mol. The van der Waals surface area contributed by atoms with E-state index in [1.165, 1.54) is 22.6 Å². The Bertz CT molecular complexity index is 687. The molecule has 0 bridgehead atoms. The molecule has 2 heterocycles. The van der Waals surface area contributed by atoms with Gasteiger partial charge in [0.25, 0.3) is 5.91 Å². The van der Waals surface area contributed by atoms with Crippen LogP contribution in [0.15, 0.2) is 42.6 Å². The number of hydrogen-bond donors (Lipinski definition) is 2. The van der Waals surface area contributed by atoms with E-state index in [1.54, 1.807) is 0 Å². The van der Waals surface area contributed by atoms with Gasteiger partial charge in [-0.2, -0.15) is 0 Å². The summed E-state index contributed by atoms with van der Waals surface area (Å²) in [6.07, 6.45) is 4.42. The van der Waals surface area contributed by atoms with Crippen LogP contribution in [0.5, 0.6) is 0 Å². The van der Waals surface area contributed by atoms with Crippen molar-refractivity contribution in [1.82, 2.24) is 4.57 Å². The molecule has 3 rings (SSSR count). The lowest BCUT2D eigenvalue weighted by atomic mass is 10.0. The zero-order valence-corrected chi connectivity index (χ0v) is 14.9. The zero-order valence-electron chi connectivity index (χ0n) is 14.9. The molecule has 1 amide bonds. The fourth-order valence-electron chi connectivity index (χ4n) is 3.68. The third kappa shape index (κ3) is 3.70. The highest BCUT2D eigenvalue weighted by atomic mass is 16.2. The molecule has 2 atom stereocenters. The monoisotopic (exact) mass is 326 g/mol. The molecule has 1 unspecified atom stereocenters.